The van der Waals surface area contributed by atoms with Crippen molar-refractivity contribution < 1.29 is 9.18 Å². The maximum atomic E-state index is 15.2. The van der Waals surface area contributed by atoms with Gasteiger partial charge >= 0.3 is 5.69 Å². The Morgan fingerprint density at radius 2 is 2.03 bits per heavy atom. The van der Waals surface area contributed by atoms with Gasteiger partial charge in [-0.3, -0.25) is 19.1 Å². The topological polar surface area (TPSA) is 123 Å². The smallest absolute Gasteiger partial charge is 0.329 e. The molecule has 1 saturated carbocycles. The van der Waals surface area contributed by atoms with Gasteiger partial charge in [0.25, 0.3) is 5.56 Å². The molecule has 0 radical (unpaired) electrons. The first-order chi connectivity index (χ1) is 15.7. The van der Waals surface area contributed by atoms with Crippen LogP contribution >= 0.6 is 0 Å². The zero-order chi connectivity index (χ0) is 24.3. The van der Waals surface area contributed by atoms with E-state index in [-0.39, 0.29) is 29.3 Å². The predicted molar refractivity (Wildman–Crippen MR) is 125 cm³/mol. The standard InChI is InChI=1S/C21H28FN5O3.C2H3N/c1-11-18-15(20(29)25-21(30)27(18)14-4-5-14)8-16(22)19(11)26-7-6-13(10-26)17(23-3)9-24-12(2)28;1-2-3/h8,13-14,17,23H,4-7,9-10H2,1-3H3,(H,24,28)(H,25,29,30);1H3. The number of carbonyl (C=O) groups excluding carboxylic acids is 1. The number of fused-ring (bicyclic) bond motifs is 1. The summed E-state index contributed by atoms with van der Waals surface area (Å²) in [7, 11) is 1.86. The molecule has 9 nitrogen and oxygen atoms in total. The second-order valence-corrected chi connectivity index (χ2v) is 8.64. The van der Waals surface area contributed by atoms with E-state index in [4.69, 9.17) is 5.26 Å². The lowest BCUT2D eigenvalue weighted by atomic mass is 9.99. The average Bonchev–Trinajstić information content (AvgIpc) is 3.47. The van der Waals surface area contributed by atoms with E-state index in [1.54, 1.807) is 17.6 Å². The third-order valence-corrected chi connectivity index (χ3v) is 6.35. The van der Waals surface area contributed by atoms with Gasteiger partial charge in [-0.1, -0.05) is 0 Å². The minimum absolute atomic E-state index is 0.0616. The number of nitrogens with zero attached hydrogens (tertiary/aromatic N) is 3. The molecule has 0 spiro atoms. The van der Waals surface area contributed by atoms with Crippen LogP contribution in [0.3, 0.4) is 0 Å². The maximum Gasteiger partial charge on any atom is 0.329 e. The van der Waals surface area contributed by atoms with Crippen LogP contribution in [0.1, 0.15) is 44.7 Å². The Bertz CT molecular complexity index is 1190. The van der Waals surface area contributed by atoms with Crippen LogP contribution in [0.15, 0.2) is 15.7 Å². The van der Waals surface area contributed by atoms with Gasteiger partial charge in [-0.05, 0) is 45.2 Å². The van der Waals surface area contributed by atoms with Crippen molar-refractivity contribution in [2.75, 3.05) is 31.6 Å². The summed E-state index contributed by atoms with van der Waals surface area (Å²) in [5, 5.41) is 13.6. The van der Waals surface area contributed by atoms with Crippen molar-refractivity contribution in [1.82, 2.24) is 20.2 Å². The highest BCUT2D eigenvalue weighted by molar-refractivity contribution is 5.87. The van der Waals surface area contributed by atoms with Crippen LogP contribution in [0, 0.1) is 30.0 Å². The molecule has 1 saturated heterocycles. The number of halogens is 1. The van der Waals surface area contributed by atoms with Gasteiger partial charge in [0.05, 0.1) is 22.7 Å². The molecule has 178 valence electrons. The Hall–Kier alpha value is -3.19. The van der Waals surface area contributed by atoms with Gasteiger partial charge in [-0.25, -0.2) is 9.18 Å². The Balaban J connectivity index is 0.000000968. The molecule has 2 atom stereocenters. The second-order valence-electron chi connectivity index (χ2n) is 8.64. The largest absolute Gasteiger partial charge is 0.369 e. The normalized spacial score (nSPS) is 18.4. The van der Waals surface area contributed by atoms with Gasteiger partial charge in [0.15, 0.2) is 0 Å². The summed E-state index contributed by atoms with van der Waals surface area (Å²) in [5.41, 5.74) is 0.641. The van der Waals surface area contributed by atoms with E-state index in [2.05, 4.69) is 15.6 Å². The first kappa shape index (κ1) is 24.5. The summed E-state index contributed by atoms with van der Waals surface area (Å²) in [6, 6.07) is 3.15. The van der Waals surface area contributed by atoms with E-state index in [1.807, 2.05) is 11.9 Å². The maximum absolute atomic E-state index is 15.2. The Kier molecular flexibility index (Phi) is 7.53. The number of rotatable bonds is 6. The number of hydrogen-bond acceptors (Lipinski definition) is 6. The number of hydrogen-bond donors (Lipinski definition) is 3. The zero-order valence-corrected chi connectivity index (χ0v) is 19.5. The highest BCUT2D eigenvalue weighted by Crippen LogP contribution is 2.39. The highest BCUT2D eigenvalue weighted by Gasteiger charge is 2.33. The Labute approximate surface area is 191 Å². The van der Waals surface area contributed by atoms with Crippen LogP contribution in [0.5, 0.6) is 0 Å². The SMILES string of the molecule is CC#N.CNC(CNC(C)=O)C1CCN(c2c(F)cc3c(=O)[nH]c(=O)n(C4CC4)c3c2C)C1. The molecule has 2 unspecified atom stereocenters. The van der Waals surface area contributed by atoms with Gasteiger partial charge < -0.3 is 15.5 Å². The monoisotopic (exact) mass is 458 g/mol. The summed E-state index contributed by atoms with van der Waals surface area (Å²) in [5.74, 6) is -0.291. The number of aromatic nitrogens is 2. The summed E-state index contributed by atoms with van der Waals surface area (Å²) in [6.07, 6.45) is 2.62. The lowest BCUT2D eigenvalue weighted by Gasteiger charge is -2.26. The van der Waals surface area contributed by atoms with E-state index < -0.39 is 17.1 Å². The number of likely N-dealkylation sites (N-methyl/N-ethyl adjacent to an activating group) is 1. The van der Waals surface area contributed by atoms with Crippen LogP contribution in [0.2, 0.25) is 0 Å². The van der Waals surface area contributed by atoms with Crippen LogP contribution < -0.4 is 26.8 Å². The molecular weight excluding hydrogens is 427 g/mol. The van der Waals surface area contributed by atoms with E-state index in [0.29, 0.717) is 36.4 Å². The zero-order valence-electron chi connectivity index (χ0n) is 19.5. The Morgan fingerprint density at radius 1 is 1.36 bits per heavy atom. The molecule has 0 bridgehead atoms. The van der Waals surface area contributed by atoms with Crippen LogP contribution in [-0.2, 0) is 4.79 Å². The van der Waals surface area contributed by atoms with Crippen molar-refractivity contribution in [3.05, 3.63) is 38.3 Å². The molecule has 2 aromatic rings. The average molecular weight is 459 g/mol. The minimum Gasteiger partial charge on any atom is -0.369 e. The van der Waals surface area contributed by atoms with Crippen molar-refractivity contribution in [2.24, 2.45) is 5.92 Å². The number of nitrogens with one attached hydrogen (secondary N) is 3. The molecule has 2 aliphatic rings. The third kappa shape index (κ3) is 5.09. The number of anilines is 1. The number of aryl methyl sites for hydroxylation is 1. The third-order valence-electron chi connectivity index (χ3n) is 6.35. The fraction of sp³-hybridized carbons (Fsp3) is 0.565. The molecule has 1 aromatic carbocycles. The molecule has 2 fully saturated rings. The molecular formula is C23H31FN6O3. The van der Waals surface area contributed by atoms with Crippen LogP contribution in [0.25, 0.3) is 10.9 Å². The van der Waals surface area contributed by atoms with E-state index in [9.17, 15) is 14.4 Å². The fourth-order valence-electron chi connectivity index (χ4n) is 4.71. The van der Waals surface area contributed by atoms with Gasteiger partial charge in [-0.2, -0.15) is 5.26 Å². The molecule has 33 heavy (non-hydrogen) atoms. The summed E-state index contributed by atoms with van der Waals surface area (Å²) in [4.78, 5) is 40.4. The number of nitriles is 1. The van der Waals surface area contributed by atoms with Crippen molar-refractivity contribution in [2.45, 2.75) is 52.1 Å². The number of carbonyl (C=O) groups is 1. The predicted octanol–water partition coefficient (Wildman–Crippen LogP) is 1.55. The van der Waals surface area contributed by atoms with Crippen molar-refractivity contribution >= 4 is 22.5 Å². The van der Waals surface area contributed by atoms with Gasteiger partial charge in [0, 0.05) is 51.1 Å². The number of benzene rings is 1. The molecule has 10 heteroatoms. The van der Waals surface area contributed by atoms with Crippen molar-refractivity contribution in [1.29, 1.82) is 5.26 Å². The van der Waals surface area contributed by atoms with E-state index in [1.165, 1.54) is 19.9 Å². The Morgan fingerprint density at radius 3 is 2.61 bits per heavy atom. The summed E-state index contributed by atoms with van der Waals surface area (Å²) >= 11 is 0. The molecule has 2 heterocycles. The fourth-order valence-corrected chi connectivity index (χ4v) is 4.71. The summed E-state index contributed by atoms with van der Waals surface area (Å²) in [6.45, 7) is 6.52. The van der Waals surface area contributed by atoms with Crippen LogP contribution in [0.4, 0.5) is 10.1 Å². The second kappa shape index (κ2) is 10.2. The van der Waals surface area contributed by atoms with E-state index in [0.717, 1.165) is 19.3 Å². The molecule has 1 aliphatic carbocycles. The van der Waals surface area contributed by atoms with Gasteiger partial charge in [0.2, 0.25) is 5.91 Å². The summed E-state index contributed by atoms with van der Waals surface area (Å²) < 4.78 is 16.8. The van der Waals surface area contributed by atoms with Crippen molar-refractivity contribution in [3.8, 4) is 6.07 Å². The molecule has 1 amide bonds. The number of aromatic amines is 1. The first-order valence-corrected chi connectivity index (χ1v) is 11.2. The van der Waals surface area contributed by atoms with Crippen LogP contribution in [-0.4, -0.2) is 48.2 Å². The molecule has 1 aliphatic heterocycles. The first-order valence-electron chi connectivity index (χ1n) is 11.2. The highest BCUT2D eigenvalue weighted by atomic mass is 19.1. The number of H-pyrrole nitrogens is 1. The molecule has 4 rings (SSSR count). The minimum atomic E-state index is -0.551. The lowest BCUT2D eigenvalue weighted by molar-refractivity contribution is -0.119. The molecule has 3 N–H and O–H groups in total. The quantitative estimate of drug-likeness (QED) is 0.604. The van der Waals surface area contributed by atoms with E-state index >= 15 is 4.39 Å². The lowest BCUT2D eigenvalue weighted by Crippen LogP contribution is -2.44. The molecule has 1 aromatic heterocycles. The van der Waals surface area contributed by atoms with Gasteiger partial charge in [-0.15, -0.1) is 0 Å². The van der Waals surface area contributed by atoms with Crippen molar-refractivity contribution in [3.63, 3.8) is 0 Å². The van der Waals surface area contributed by atoms with Gasteiger partial charge in [0.1, 0.15) is 5.82 Å². The number of amides is 1.